The summed E-state index contributed by atoms with van der Waals surface area (Å²) >= 11 is 0. The number of rotatable bonds is 3. The zero-order chi connectivity index (χ0) is 8.16. The molecule has 1 fully saturated rings. The van der Waals surface area contributed by atoms with E-state index in [1.807, 2.05) is 0 Å². The minimum atomic E-state index is -0.151. The van der Waals surface area contributed by atoms with E-state index in [9.17, 15) is 4.57 Å². The van der Waals surface area contributed by atoms with E-state index in [1.165, 1.54) is 19.3 Å². The van der Waals surface area contributed by atoms with Crippen LogP contribution in [0.1, 0.15) is 45.4 Å². The summed E-state index contributed by atoms with van der Waals surface area (Å²) < 4.78 is 15.5. The predicted molar refractivity (Wildman–Crippen MR) is 44.8 cm³/mol. The fraction of sp³-hybridized carbons (Fsp3) is 1.00. The maximum absolute atomic E-state index is 10.3. The van der Waals surface area contributed by atoms with Crippen LogP contribution < -0.4 is 0 Å². The Morgan fingerprint density at radius 3 is 2.45 bits per heavy atom. The van der Waals surface area contributed by atoms with Gasteiger partial charge in [0.2, 0.25) is 0 Å². The van der Waals surface area contributed by atoms with E-state index in [2.05, 4.69) is 6.92 Å². The molecule has 11 heavy (non-hydrogen) atoms. The van der Waals surface area contributed by atoms with Gasteiger partial charge in [0.25, 0.3) is 0 Å². The third kappa shape index (κ3) is 2.25. The minimum Gasteiger partial charge on any atom is -0.288 e. The molecule has 0 atom stereocenters. The fourth-order valence-electron chi connectivity index (χ4n) is 1.78. The molecule has 1 aliphatic carbocycles. The average molecular weight is 174 g/mol. The molecule has 0 saturated heterocycles. The van der Waals surface area contributed by atoms with Crippen molar-refractivity contribution in [3.8, 4) is 0 Å². The van der Waals surface area contributed by atoms with E-state index in [0.717, 1.165) is 19.3 Å². The first kappa shape index (κ1) is 9.15. The summed E-state index contributed by atoms with van der Waals surface area (Å²) in [5.41, 5.74) is -0.0540. The smallest absolute Gasteiger partial charge is 0.288 e. The van der Waals surface area contributed by atoms with Gasteiger partial charge in [-0.15, -0.1) is 0 Å². The number of hydrogen-bond acceptors (Lipinski definition) is 2. The molecular weight excluding hydrogens is 159 g/mol. The van der Waals surface area contributed by atoms with Crippen LogP contribution in [0.3, 0.4) is 0 Å². The van der Waals surface area contributed by atoms with Crippen LogP contribution in [0.25, 0.3) is 0 Å². The summed E-state index contributed by atoms with van der Waals surface area (Å²) in [7, 11) is -0.151. The maximum atomic E-state index is 10.3. The second-order valence-electron chi connectivity index (χ2n) is 3.26. The van der Waals surface area contributed by atoms with E-state index in [0.29, 0.717) is 0 Å². The molecule has 0 bridgehead atoms. The lowest BCUT2D eigenvalue weighted by Crippen LogP contribution is -2.31. The minimum absolute atomic E-state index is 0.0540. The summed E-state index contributed by atoms with van der Waals surface area (Å²) in [6, 6.07) is 0. The van der Waals surface area contributed by atoms with Crippen molar-refractivity contribution < 1.29 is 9.09 Å². The molecule has 64 valence electrons. The van der Waals surface area contributed by atoms with Gasteiger partial charge in [-0.1, -0.05) is 26.2 Å². The molecule has 0 aromatic carbocycles. The highest BCUT2D eigenvalue weighted by molar-refractivity contribution is 7.17. The molecule has 0 spiro atoms. The van der Waals surface area contributed by atoms with Gasteiger partial charge in [-0.25, -0.2) is 4.57 Å². The van der Waals surface area contributed by atoms with Gasteiger partial charge in [-0.2, -0.15) is 0 Å². The van der Waals surface area contributed by atoms with Gasteiger partial charge in [0, 0.05) is 0 Å². The lowest BCUT2D eigenvalue weighted by Gasteiger charge is -2.33. The van der Waals surface area contributed by atoms with Crippen LogP contribution in [0.2, 0.25) is 0 Å². The highest BCUT2D eigenvalue weighted by atomic mass is 31.1. The third-order valence-corrected chi connectivity index (χ3v) is 3.10. The van der Waals surface area contributed by atoms with Crippen molar-refractivity contribution in [2.75, 3.05) is 0 Å². The summed E-state index contributed by atoms with van der Waals surface area (Å²) in [5.74, 6) is 0. The first-order valence-corrected chi connectivity index (χ1v) is 5.07. The van der Waals surface area contributed by atoms with Crippen LogP contribution in [0.4, 0.5) is 0 Å². The lowest BCUT2D eigenvalue weighted by molar-refractivity contribution is 0.0395. The van der Waals surface area contributed by atoms with Crippen LogP contribution in [-0.4, -0.2) is 5.60 Å². The van der Waals surface area contributed by atoms with Crippen molar-refractivity contribution >= 4 is 8.69 Å². The Morgan fingerprint density at radius 1 is 1.36 bits per heavy atom. The van der Waals surface area contributed by atoms with Crippen molar-refractivity contribution in [1.82, 2.24) is 0 Å². The zero-order valence-corrected chi connectivity index (χ0v) is 7.90. The van der Waals surface area contributed by atoms with Gasteiger partial charge >= 0.3 is 8.69 Å². The zero-order valence-electron chi connectivity index (χ0n) is 7.01. The largest absolute Gasteiger partial charge is 0.327 e. The second-order valence-corrected chi connectivity index (χ2v) is 3.59. The number of hydrogen-bond donors (Lipinski definition) is 0. The molecule has 1 aliphatic rings. The monoisotopic (exact) mass is 174 g/mol. The van der Waals surface area contributed by atoms with Gasteiger partial charge in [0.1, 0.15) is 0 Å². The van der Waals surface area contributed by atoms with E-state index >= 15 is 0 Å². The van der Waals surface area contributed by atoms with Crippen LogP contribution in [0.15, 0.2) is 0 Å². The molecule has 0 N–H and O–H groups in total. The van der Waals surface area contributed by atoms with Crippen LogP contribution >= 0.6 is 8.69 Å². The molecular formula is C8H15O2P. The van der Waals surface area contributed by atoms with Crippen molar-refractivity contribution in [3.05, 3.63) is 0 Å². The van der Waals surface area contributed by atoms with Gasteiger partial charge in [-0.05, 0) is 19.3 Å². The Balaban J connectivity index is 2.49. The first-order chi connectivity index (χ1) is 5.33. The summed E-state index contributed by atoms with van der Waals surface area (Å²) in [6.07, 6.45) is 6.91. The van der Waals surface area contributed by atoms with Gasteiger partial charge in [0.15, 0.2) is 0 Å². The SMILES string of the molecule is CCC1(OP=O)CCCCC1. The van der Waals surface area contributed by atoms with Crippen LogP contribution in [0, 0.1) is 0 Å². The Bertz CT molecular complexity index is 130. The van der Waals surface area contributed by atoms with Crippen molar-refractivity contribution in [1.29, 1.82) is 0 Å². The fourth-order valence-corrected chi connectivity index (χ4v) is 2.25. The van der Waals surface area contributed by atoms with E-state index in [1.54, 1.807) is 0 Å². The summed E-state index contributed by atoms with van der Waals surface area (Å²) in [5, 5.41) is 0. The standard InChI is InChI=1S/C8H15O2P/c1-2-8(10-11-9)6-4-3-5-7-8/h2-7H2,1H3. The van der Waals surface area contributed by atoms with Crippen LogP contribution in [0.5, 0.6) is 0 Å². The Labute approximate surface area is 69.6 Å². The average Bonchev–Trinajstić information content (AvgIpc) is 2.07. The molecule has 0 heterocycles. The van der Waals surface area contributed by atoms with Crippen molar-refractivity contribution in [2.24, 2.45) is 0 Å². The molecule has 3 heteroatoms. The topological polar surface area (TPSA) is 26.3 Å². The van der Waals surface area contributed by atoms with E-state index < -0.39 is 0 Å². The third-order valence-electron chi connectivity index (χ3n) is 2.64. The van der Waals surface area contributed by atoms with E-state index in [4.69, 9.17) is 4.52 Å². The Morgan fingerprint density at radius 2 is 2.00 bits per heavy atom. The highest BCUT2D eigenvalue weighted by Crippen LogP contribution is 2.36. The Hall–Kier alpha value is 0.0600. The molecule has 0 aliphatic heterocycles. The Kier molecular flexibility index (Phi) is 3.47. The predicted octanol–water partition coefficient (Wildman–Crippen LogP) is 3.32. The van der Waals surface area contributed by atoms with Crippen molar-refractivity contribution in [3.63, 3.8) is 0 Å². The van der Waals surface area contributed by atoms with Crippen LogP contribution in [-0.2, 0) is 9.09 Å². The summed E-state index contributed by atoms with van der Waals surface area (Å²) in [6.45, 7) is 2.11. The van der Waals surface area contributed by atoms with Crippen molar-refractivity contribution in [2.45, 2.75) is 51.0 Å². The normalized spacial score (nSPS) is 23.7. The molecule has 1 rings (SSSR count). The molecule has 1 saturated carbocycles. The van der Waals surface area contributed by atoms with E-state index in [-0.39, 0.29) is 14.3 Å². The molecule has 0 radical (unpaired) electrons. The molecule has 0 aromatic heterocycles. The van der Waals surface area contributed by atoms with Gasteiger partial charge in [-0.3, -0.25) is 4.52 Å². The van der Waals surface area contributed by atoms with Gasteiger partial charge in [0.05, 0.1) is 5.60 Å². The molecule has 0 unspecified atom stereocenters. The lowest BCUT2D eigenvalue weighted by atomic mass is 9.83. The highest BCUT2D eigenvalue weighted by Gasteiger charge is 2.31. The molecule has 2 nitrogen and oxygen atoms in total. The maximum Gasteiger partial charge on any atom is 0.327 e. The quantitative estimate of drug-likeness (QED) is 0.613. The summed E-state index contributed by atoms with van der Waals surface area (Å²) in [4.78, 5) is 0. The first-order valence-electron chi connectivity index (χ1n) is 4.34. The second kappa shape index (κ2) is 4.18. The van der Waals surface area contributed by atoms with Gasteiger partial charge < -0.3 is 0 Å². The molecule has 0 aromatic rings. The molecule has 0 amide bonds.